The van der Waals surface area contributed by atoms with Crippen LogP contribution in [0, 0.1) is 5.82 Å². The van der Waals surface area contributed by atoms with Crippen molar-refractivity contribution in [1.29, 1.82) is 0 Å². The molecular weight excluding hydrogens is 413 g/mol. The lowest BCUT2D eigenvalue weighted by Gasteiger charge is -2.33. The third-order valence-electron chi connectivity index (χ3n) is 4.95. The molecule has 1 saturated heterocycles. The number of rotatable bonds is 8. The van der Waals surface area contributed by atoms with E-state index >= 15 is 0 Å². The lowest BCUT2D eigenvalue weighted by Crippen LogP contribution is -2.48. The number of benzene rings is 1. The third-order valence-corrected chi connectivity index (χ3v) is 5.68. The maximum Gasteiger partial charge on any atom is 0.387 e. The number of hydrogen-bond acceptors (Lipinski definition) is 4. The monoisotopic (exact) mass is 440 g/mol. The molecule has 2 heterocycles. The number of nitrogens with zero attached hydrogens (tertiary/aromatic N) is 2. The van der Waals surface area contributed by atoms with Crippen LogP contribution in [0.15, 0.2) is 40.0 Å². The highest BCUT2D eigenvalue weighted by Gasteiger charge is 2.20. The number of alkyl halides is 2. The van der Waals surface area contributed by atoms with Crippen LogP contribution in [0.5, 0.6) is 5.75 Å². The second-order valence-corrected chi connectivity index (χ2v) is 7.90. The second kappa shape index (κ2) is 11.2. The molecule has 0 unspecified atom stereocenters. The highest BCUT2D eigenvalue weighted by Crippen LogP contribution is 2.24. The molecule has 9 heteroatoms. The Hall–Kier alpha value is -2.26. The van der Waals surface area contributed by atoms with Crippen LogP contribution in [0.3, 0.4) is 0 Å². The quantitative estimate of drug-likeness (QED) is 0.477. The lowest BCUT2D eigenvalue weighted by atomic mass is 10.0. The van der Waals surface area contributed by atoms with Gasteiger partial charge in [0.05, 0.1) is 12.1 Å². The summed E-state index contributed by atoms with van der Waals surface area (Å²) in [6.07, 6.45) is 1.93. The Bertz CT molecular complexity index is 809. The molecule has 2 aromatic rings. The fourth-order valence-corrected chi connectivity index (χ4v) is 4.11. The minimum Gasteiger partial charge on any atom is -0.434 e. The zero-order valence-electron chi connectivity index (χ0n) is 16.9. The van der Waals surface area contributed by atoms with Gasteiger partial charge in [-0.2, -0.15) is 20.1 Å². The summed E-state index contributed by atoms with van der Waals surface area (Å²) in [4.78, 5) is 6.83. The van der Waals surface area contributed by atoms with Crippen molar-refractivity contribution >= 4 is 17.3 Å². The topological polar surface area (TPSA) is 48.9 Å². The molecule has 0 spiro atoms. The predicted octanol–water partition coefficient (Wildman–Crippen LogP) is 4.21. The summed E-state index contributed by atoms with van der Waals surface area (Å²) < 4.78 is 43.8. The Balaban J connectivity index is 1.58. The van der Waals surface area contributed by atoms with Gasteiger partial charge < -0.3 is 15.4 Å². The zero-order chi connectivity index (χ0) is 21.3. The SMILES string of the molecule is CCNC(=NCc1c(F)cccc1OC(F)F)NC1CCN(Cc2ccsc2)CC1. The van der Waals surface area contributed by atoms with E-state index in [2.05, 4.69) is 42.1 Å². The molecule has 1 aliphatic heterocycles. The van der Waals surface area contributed by atoms with Crippen LogP contribution in [0.2, 0.25) is 0 Å². The highest BCUT2D eigenvalue weighted by molar-refractivity contribution is 7.07. The van der Waals surface area contributed by atoms with Crippen LogP contribution >= 0.6 is 11.3 Å². The van der Waals surface area contributed by atoms with E-state index in [1.54, 1.807) is 11.3 Å². The number of nitrogens with one attached hydrogen (secondary N) is 2. The van der Waals surface area contributed by atoms with Gasteiger partial charge in [-0.25, -0.2) is 9.38 Å². The molecule has 1 aromatic carbocycles. The average Bonchev–Trinajstić information content (AvgIpc) is 3.22. The summed E-state index contributed by atoms with van der Waals surface area (Å²) in [6.45, 7) is 2.39. The van der Waals surface area contributed by atoms with E-state index in [9.17, 15) is 13.2 Å². The van der Waals surface area contributed by atoms with Gasteiger partial charge in [0.1, 0.15) is 11.6 Å². The van der Waals surface area contributed by atoms with E-state index in [1.165, 1.54) is 23.8 Å². The molecule has 0 radical (unpaired) electrons. The Kier molecular flexibility index (Phi) is 8.39. The summed E-state index contributed by atoms with van der Waals surface area (Å²) in [6, 6.07) is 6.28. The van der Waals surface area contributed by atoms with Crippen LogP contribution in [0.4, 0.5) is 13.2 Å². The molecule has 5 nitrogen and oxygen atoms in total. The molecule has 164 valence electrons. The summed E-state index contributed by atoms with van der Waals surface area (Å²) in [5.74, 6) is -0.263. The lowest BCUT2D eigenvalue weighted by molar-refractivity contribution is -0.0506. The fraction of sp³-hybridized carbons (Fsp3) is 0.476. The molecule has 1 fully saturated rings. The summed E-state index contributed by atoms with van der Waals surface area (Å²) >= 11 is 1.71. The van der Waals surface area contributed by atoms with Crippen LogP contribution in [0.1, 0.15) is 30.9 Å². The van der Waals surface area contributed by atoms with Crippen molar-refractivity contribution in [2.24, 2.45) is 4.99 Å². The first-order chi connectivity index (χ1) is 14.5. The van der Waals surface area contributed by atoms with E-state index in [0.29, 0.717) is 12.5 Å². The fourth-order valence-electron chi connectivity index (χ4n) is 3.45. The number of halogens is 3. The Morgan fingerprint density at radius 2 is 2.10 bits per heavy atom. The Morgan fingerprint density at radius 1 is 1.30 bits per heavy atom. The number of piperidine rings is 1. The van der Waals surface area contributed by atoms with E-state index in [-0.39, 0.29) is 23.9 Å². The molecular formula is C21H27F3N4OS. The van der Waals surface area contributed by atoms with Gasteiger partial charge in [0.25, 0.3) is 0 Å². The predicted molar refractivity (Wildman–Crippen MR) is 114 cm³/mol. The average molecular weight is 441 g/mol. The summed E-state index contributed by atoms with van der Waals surface area (Å²) in [5.41, 5.74) is 1.36. The van der Waals surface area contributed by atoms with Gasteiger partial charge in [-0.3, -0.25) is 4.90 Å². The minimum absolute atomic E-state index is 0.0144. The maximum absolute atomic E-state index is 14.2. The normalized spacial score (nSPS) is 16.1. The molecule has 0 saturated carbocycles. The number of guanidine groups is 1. The van der Waals surface area contributed by atoms with Gasteiger partial charge in [0.2, 0.25) is 0 Å². The number of thiophene rings is 1. The van der Waals surface area contributed by atoms with E-state index < -0.39 is 12.4 Å². The maximum atomic E-state index is 14.2. The third kappa shape index (κ3) is 6.63. The molecule has 3 rings (SSSR count). The van der Waals surface area contributed by atoms with E-state index in [4.69, 9.17) is 0 Å². The first kappa shape index (κ1) is 22.4. The summed E-state index contributed by atoms with van der Waals surface area (Å²) in [7, 11) is 0. The standard InChI is InChI=1S/C21H27F3N4OS/c1-2-25-21(26-12-17-18(22)4-3-5-19(17)29-20(23)24)27-16-6-9-28(10-7-16)13-15-8-11-30-14-15/h3-5,8,11,14,16,20H,2,6-7,9-10,12-13H2,1H3,(H2,25,26,27). The van der Waals surface area contributed by atoms with Crippen molar-refractivity contribution in [3.8, 4) is 5.75 Å². The van der Waals surface area contributed by atoms with Crippen molar-refractivity contribution in [3.05, 3.63) is 52.0 Å². The Morgan fingerprint density at radius 3 is 2.77 bits per heavy atom. The van der Waals surface area contributed by atoms with Gasteiger partial charge in [-0.15, -0.1) is 0 Å². The summed E-state index contributed by atoms with van der Waals surface area (Å²) in [5, 5.41) is 10.8. The second-order valence-electron chi connectivity index (χ2n) is 7.12. The molecule has 1 aromatic heterocycles. The molecule has 2 N–H and O–H groups in total. The molecule has 0 atom stereocenters. The van der Waals surface area contributed by atoms with Gasteiger partial charge >= 0.3 is 6.61 Å². The van der Waals surface area contributed by atoms with Crippen molar-refractivity contribution in [2.75, 3.05) is 19.6 Å². The van der Waals surface area contributed by atoms with Gasteiger partial charge in [-0.05, 0) is 54.3 Å². The largest absolute Gasteiger partial charge is 0.434 e. The van der Waals surface area contributed by atoms with Gasteiger partial charge in [0, 0.05) is 32.2 Å². The van der Waals surface area contributed by atoms with Crippen molar-refractivity contribution in [2.45, 2.75) is 45.5 Å². The molecule has 0 aliphatic carbocycles. The van der Waals surface area contributed by atoms with Crippen LogP contribution in [0.25, 0.3) is 0 Å². The van der Waals surface area contributed by atoms with Crippen LogP contribution in [-0.4, -0.2) is 43.1 Å². The Labute approximate surface area is 179 Å². The van der Waals surface area contributed by atoms with Crippen LogP contribution in [-0.2, 0) is 13.1 Å². The highest BCUT2D eigenvalue weighted by atomic mass is 32.1. The first-order valence-electron chi connectivity index (χ1n) is 10.1. The zero-order valence-corrected chi connectivity index (χ0v) is 17.7. The number of hydrogen-bond donors (Lipinski definition) is 2. The molecule has 30 heavy (non-hydrogen) atoms. The number of likely N-dealkylation sites (tertiary alicyclic amines) is 1. The van der Waals surface area contributed by atoms with Gasteiger partial charge in [-0.1, -0.05) is 6.07 Å². The van der Waals surface area contributed by atoms with Gasteiger partial charge in [0.15, 0.2) is 5.96 Å². The van der Waals surface area contributed by atoms with E-state index in [0.717, 1.165) is 32.5 Å². The van der Waals surface area contributed by atoms with Crippen LogP contribution < -0.4 is 15.4 Å². The smallest absolute Gasteiger partial charge is 0.387 e. The first-order valence-corrected chi connectivity index (χ1v) is 11.0. The van der Waals surface area contributed by atoms with E-state index in [1.807, 2.05) is 6.92 Å². The number of ether oxygens (including phenoxy) is 1. The van der Waals surface area contributed by atoms with Crippen molar-refractivity contribution < 1.29 is 17.9 Å². The minimum atomic E-state index is -3.01. The van der Waals surface area contributed by atoms with Crippen molar-refractivity contribution in [1.82, 2.24) is 15.5 Å². The molecule has 1 aliphatic rings. The molecule has 0 amide bonds. The van der Waals surface area contributed by atoms with Crippen molar-refractivity contribution in [3.63, 3.8) is 0 Å². The molecule has 0 bridgehead atoms. The number of aliphatic imine (C=N–C) groups is 1.